The molecule has 0 spiro atoms. The molecule has 16 heavy (non-hydrogen) atoms. The molecule has 0 saturated carbocycles. The van der Waals surface area contributed by atoms with Gasteiger partial charge in [0, 0.05) is 27.9 Å². The summed E-state index contributed by atoms with van der Waals surface area (Å²) in [5.41, 5.74) is 1.20. The van der Waals surface area contributed by atoms with E-state index in [1.807, 2.05) is 17.4 Å². The summed E-state index contributed by atoms with van der Waals surface area (Å²) in [6, 6.07) is 6.89. The number of furan rings is 1. The standard InChI is InChI=1S/C13H17NOS/c1-10(7-13-4-3-11(2)16-13)14-8-12-5-6-15-9-12/h3-6,9-10,14H,7-8H2,1-2H3. The molecule has 1 N–H and O–H groups in total. The third-order valence-corrected chi connectivity index (χ3v) is 3.56. The van der Waals surface area contributed by atoms with Crippen LogP contribution in [0, 0.1) is 6.92 Å². The summed E-state index contributed by atoms with van der Waals surface area (Å²) < 4.78 is 5.03. The molecule has 0 amide bonds. The SMILES string of the molecule is Cc1ccc(CC(C)NCc2ccoc2)s1. The zero-order valence-corrected chi connectivity index (χ0v) is 10.5. The van der Waals surface area contributed by atoms with Gasteiger partial charge in [-0.3, -0.25) is 0 Å². The number of thiophene rings is 1. The first-order valence-corrected chi connectivity index (χ1v) is 6.35. The minimum Gasteiger partial charge on any atom is -0.472 e. The van der Waals surface area contributed by atoms with Crippen molar-refractivity contribution in [2.45, 2.75) is 32.9 Å². The summed E-state index contributed by atoms with van der Waals surface area (Å²) in [5, 5.41) is 3.49. The largest absolute Gasteiger partial charge is 0.472 e. The summed E-state index contributed by atoms with van der Waals surface area (Å²) in [6.07, 6.45) is 4.59. The van der Waals surface area contributed by atoms with Gasteiger partial charge in [0.2, 0.25) is 0 Å². The van der Waals surface area contributed by atoms with E-state index in [-0.39, 0.29) is 0 Å². The van der Waals surface area contributed by atoms with Crippen LogP contribution in [0.1, 0.15) is 22.2 Å². The monoisotopic (exact) mass is 235 g/mol. The van der Waals surface area contributed by atoms with Crippen molar-refractivity contribution in [2.75, 3.05) is 0 Å². The molecule has 2 nitrogen and oxygen atoms in total. The lowest BCUT2D eigenvalue weighted by Gasteiger charge is -2.11. The fraction of sp³-hybridized carbons (Fsp3) is 0.385. The Bertz CT molecular complexity index is 419. The van der Waals surface area contributed by atoms with Crippen molar-refractivity contribution in [3.05, 3.63) is 46.0 Å². The Hall–Kier alpha value is -1.06. The van der Waals surface area contributed by atoms with Crippen molar-refractivity contribution in [3.63, 3.8) is 0 Å². The van der Waals surface area contributed by atoms with Crippen LogP contribution in [0.5, 0.6) is 0 Å². The van der Waals surface area contributed by atoms with E-state index in [1.54, 1.807) is 12.5 Å². The third kappa shape index (κ3) is 3.22. The van der Waals surface area contributed by atoms with Gasteiger partial charge in [-0.2, -0.15) is 0 Å². The predicted molar refractivity (Wildman–Crippen MR) is 67.8 cm³/mol. The zero-order chi connectivity index (χ0) is 11.4. The quantitative estimate of drug-likeness (QED) is 0.859. The Morgan fingerprint density at radius 2 is 2.25 bits per heavy atom. The molecule has 2 rings (SSSR count). The molecule has 0 aliphatic heterocycles. The molecule has 2 heterocycles. The van der Waals surface area contributed by atoms with E-state index in [9.17, 15) is 0 Å². The van der Waals surface area contributed by atoms with E-state index in [2.05, 4.69) is 31.3 Å². The van der Waals surface area contributed by atoms with Gasteiger partial charge in [0.05, 0.1) is 12.5 Å². The van der Waals surface area contributed by atoms with Crippen LogP contribution in [0.2, 0.25) is 0 Å². The second-order valence-electron chi connectivity index (χ2n) is 4.13. The Balaban J connectivity index is 1.78. The van der Waals surface area contributed by atoms with Crippen LogP contribution in [0.25, 0.3) is 0 Å². The molecule has 0 saturated heterocycles. The third-order valence-electron chi connectivity index (χ3n) is 2.54. The molecular formula is C13H17NOS. The van der Waals surface area contributed by atoms with Crippen molar-refractivity contribution < 1.29 is 4.42 Å². The minimum absolute atomic E-state index is 0.493. The van der Waals surface area contributed by atoms with Crippen LogP contribution in [-0.2, 0) is 13.0 Å². The highest BCUT2D eigenvalue weighted by Crippen LogP contribution is 2.16. The average Bonchev–Trinajstić information content (AvgIpc) is 2.87. The van der Waals surface area contributed by atoms with E-state index in [1.165, 1.54) is 15.3 Å². The Kier molecular flexibility index (Phi) is 3.80. The summed E-state index contributed by atoms with van der Waals surface area (Å²) in [5.74, 6) is 0. The van der Waals surface area contributed by atoms with Crippen LogP contribution in [0.3, 0.4) is 0 Å². The first kappa shape index (κ1) is 11.4. The van der Waals surface area contributed by atoms with Gasteiger partial charge >= 0.3 is 0 Å². The Labute approximate surface area is 100 Å². The van der Waals surface area contributed by atoms with Gasteiger partial charge < -0.3 is 9.73 Å². The molecule has 0 aromatic carbocycles. The van der Waals surface area contributed by atoms with Crippen molar-refractivity contribution in [3.8, 4) is 0 Å². The summed E-state index contributed by atoms with van der Waals surface area (Å²) in [6.45, 7) is 5.24. The number of aryl methyl sites for hydroxylation is 1. The lowest BCUT2D eigenvalue weighted by Crippen LogP contribution is -2.26. The van der Waals surface area contributed by atoms with Crippen LogP contribution in [-0.4, -0.2) is 6.04 Å². The minimum atomic E-state index is 0.493. The lowest BCUT2D eigenvalue weighted by molar-refractivity contribution is 0.534. The van der Waals surface area contributed by atoms with E-state index in [0.717, 1.165) is 13.0 Å². The zero-order valence-electron chi connectivity index (χ0n) is 9.69. The fourth-order valence-corrected chi connectivity index (χ4v) is 2.67. The van der Waals surface area contributed by atoms with Crippen molar-refractivity contribution in [2.24, 2.45) is 0 Å². The topological polar surface area (TPSA) is 25.2 Å². The van der Waals surface area contributed by atoms with E-state index in [0.29, 0.717) is 6.04 Å². The molecule has 0 radical (unpaired) electrons. The molecule has 1 atom stereocenters. The van der Waals surface area contributed by atoms with Crippen molar-refractivity contribution >= 4 is 11.3 Å². The second kappa shape index (κ2) is 5.32. The molecule has 0 aliphatic carbocycles. The number of rotatable bonds is 5. The molecule has 2 aromatic heterocycles. The Morgan fingerprint density at radius 3 is 2.88 bits per heavy atom. The van der Waals surface area contributed by atoms with E-state index in [4.69, 9.17) is 4.42 Å². The maximum atomic E-state index is 5.03. The van der Waals surface area contributed by atoms with Gasteiger partial charge in [0.25, 0.3) is 0 Å². The number of nitrogens with one attached hydrogen (secondary N) is 1. The highest BCUT2D eigenvalue weighted by Gasteiger charge is 2.05. The molecule has 0 bridgehead atoms. The number of hydrogen-bond acceptors (Lipinski definition) is 3. The van der Waals surface area contributed by atoms with Gasteiger partial charge in [-0.05, 0) is 38.5 Å². The van der Waals surface area contributed by atoms with Gasteiger partial charge in [0.15, 0.2) is 0 Å². The average molecular weight is 235 g/mol. The van der Waals surface area contributed by atoms with E-state index < -0.39 is 0 Å². The lowest BCUT2D eigenvalue weighted by atomic mass is 10.2. The van der Waals surface area contributed by atoms with Crippen LogP contribution in [0.4, 0.5) is 0 Å². The van der Waals surface area contributed by atoms with Crippen LogP contribution in [0.15, 0.2) is 35.1 Å². The molecule has 86 valence electrons. The van der Waals surface area contributed by atoms with Crippen LogP contribution < -0.4 is 5.32 Å². The molecule has 0 fully saturated rings. The normalized spacial score (nSPS) is 12.9. The molecule has 1 unspecified atom stereocenters. The fourth-order valence-electron chi connectivity index (χ4n) is 1.65. The highest BCUT2D eigenvalue weighted by molar-refractivity contribution is 7.11. The maximum Gasteiger partial charge on any atom is 0.0947 e. The van der Waals surface area contributed by atoms with Crippen molar-refractivity contribution in [1.82, 2.24) is 5.32 Å². The van der Waals surface area contributed by atoms with Gasteiger partial charge in [-0.1, -0.05) is 0 Å². The number of hydrogen-bond donors (Lipinski definition) is 1. The van der Waals surface area contributed by atoms with Gasteiger partial charge in [0.1, 0.15) is 0 Å². The van der Waals surface area contributed by atoms with Gasteiger partial charge in [-0.25, -0.2) is 0 Å². The predicted octanol–water partition coefficient (Wildman–Crippen LogP) is 3.37. The molecular weight excluding hydrogens is 218 g/mol. The van der Waals surface area contributed by atoms with Crippen molar-refractivity contribution in [1.29, 1.82) is 0 Å². The smallest absolute Gasteiger partial charge is 0.0947 e. The van der Waals surface area contributed by atoms with Crippen LogP contribution >= 0.6 is 11.3 Å². The first-order valence-electron chi connectivity index (χ1n) is 5.54. The summed E-state index contributed by atoms with van der Waals surface area (Å²) in [7, 11) is 0. The summed E-state index contributed by atoms with van der Waals surface area (Å²) >= 11 is 1.88. The molecule has 3 heteroatoms. The Morgan fingerprint density at radius 1 is 1.38 bits per heavy atom. The first-order chi connectivity index (χ1) is 7.74. The van der Waals surface area contributed by atoms with E-state index >= 15 is 0 Å². The second-order valence-corrected chi connectivity index (χ2v) is 5.50. The molecule has 0 aliphatic rings. The van der Waals surface area contributed by atoms with Gasteiger partial charge in [-0.15, -0.1) is 11.3 Å². The summed E-state index contributed by atoms with van der Waals surface area (Å²) in [4.78, 5) is 2.83. The maximum absolute atomic E-state index is 5.03. The molecule has 2 aromatic rings. The highest BCUT2D eigenvalue weighted by atomic mass is 32.1.